The number of amides is 1. The Hall–Kier alpha value is -1.20. The van der Waals surface area contributed by atoms with E-state index in [1.807, 2.05) is 6.92 Å². The zero-order valence-electron chi connectivity index (χ0n) is 9.97. The highest BCUT2D eigenvalue weighted by molar-refractivity contribution is 6.30. The molecule has 0 aromatic heterocycles. The lowest BCUT2D eigenvalue weighted by Gasteiger charge is -2.16. The van der Waals surface area contributed by atoms with E-state index in [1.165, 1.54) is 0 Å². The van der Waals surface area contributed by atoms with E-state index < -0.39 is 17.5 Å². The summed E-state index contributed by atoms with van der Waals surface area (Å²) in [4.78, 5) is 11.8. The Bertz CT molecular complexity index is 440. The van der Waals surface area contributed by atoms with E-state index in [2.05, 4.69) is 5.32 Å². The number of halogens is 3. The minimum absolute atomic E-state index is 0.247. The third-order valence-electron chi connectivity index (χ3n) is 2.51. The van der Waals surface area contributed by atoms with Crippen molar-refractivity contribution >= 4 is 17.5 Å². The van der Waals surface area contributed by atoms with Crippen molar-refractivity contribution in [2.24, 2.45) is 5.73 Å². The molecule has 0 spiro atoms. The molecule has 0 aliphatic heterocycles. The minimum Gasteiger partial charge on any atom is -0.348 e. The summed E-state index contributed by atoms with van der Waals surface area (Å²) in [6.45, 7) is 2.19. The van der Waals surface area contributed by atoms with Crippen LogP contribution >= 0.6 is 11.6 Å². The van der Waals surface area contributed by atoms with Crippen LogP contribution in [-0.4, -0.2) is 18.5 Å². The lowest BCUT2D eigenvalue weighted by atomic mass is 10.1. The molecule has 1 aromatic carbocycles. The summed E-state index contributed by atoms with van der Waals surface area (Å²) in [6, 6.07) is 1.32. The predicted molar refractivity (Wildman–Crippen MR) is 66.6 cm³/mol. The Morgan fingerprint density at radius 1 is 1.44 bits per heavy atom. The summed E-state index contributed by atoms with van der Waals surface area (Å²) in [5, 5.41) is 2.20. The van der Waals surface area contributed by atoms with Gasteiger partial charge in [-0.15, -0.1) is 0 Å². The second kappa shape index (κ2) is 6.66. The van der Waals surface area contributed by atoms with Crippen molar-refractivity contribution < 1.29 is 13.6 Å². The maximum absolute atomic E-state index is 13.5. The molecule has 0 aliphatic carbocycles. The molecule has 0 fully saturated rings. The smallest absolute Gasteiger partial charge is 0.254 e. The van der Waals surface area contributed by atoms with E-state index in [-0.39, 0.29) is 23.2 Å². The van der Waals surface area contributed by atoms with E-state index in [0.29, 0.717) is 6.42 Å². The van der Waals surface area contributed by atoms with Gasteiger partial charge >= 0.3 is 0 Å². The van der Waals surface area contributed by atoms with Crippen LogP contribution in [0.25, 0.3) is 0 Å². The van der Waals surface area contributed by atoms with Crippen LogP contribution in [0.3, 0.4) is 0 Å². The van der Waals surface area contributed by atoms with Crippen LogP contribution in [0, 0.1) is 11.6 Å². The SMILES string of the molecule is CCCC(CN)NC(=O)c1cc(F)c(Cl)cc1F. The minimum atomic E-state index is -0.855. The van der Waals surface area contributed by atoms with Crippen LogP contribution in [0.15, 0.2) is 12.1 Å². The molecule has 0 heterocycles. The highest BCUT2D eigenvalue weighted by atomic mass is 35.5. The number of hydrogen-bond donors (Lipinski definition) is 2. The van der Waals surface area contributed by atoms with Crippen LogP contribution in [0.2, 0.25) is 5.02 Å². The van der Waals surface area contributed by atoms with Crippen molar-refractivity contribution in [3.8, 4) is 0 Å². The van der Waals surface area contributed by atoms with Gasteiger partial charge in [-0.25, -0.2) is 8.78 Å². The van der Waals surface area contributed by atoms with Crippen molar-refractivity contribution in [1.82, 2.24) is 5.32 Å². The average molecular weight is 277 g/mol. The lowest BCUT2D eigenvalue weighted by Crippen LogP contribution is -2.40. The Kier molecular flexibility index (Phi) is 5.50. The van der Waals surface area contributed by atoms with Gasteiger partial charge in [0, 0.05) is 12.6 Å². The first-order valence-electron chi connectivity index (χ1n) is 5.65. The molecule has 1 rings (SSSR count). The second-order valence-corrected chi connectivity index (χ2v) is 4.35. The fourth-order valence-corrected chi connectivity index (χ4v) is 1.71. The quantitative estimate of drug-likeness (QED) is 0.812. The first kappa shape index (κ1) is 14.9. The van der Waals surface area contributed by atoms with Crippen LogP contribution < -0.4 is 11.1 Å². The number of rotatable bonds is 5. The number of carbonyl (C=O) groups is 1. The summed E-state index contributed by atoms with van der Waals surface area (Å²) in [5.41, 5.74) is 5.10. The molecule has 0 bridgehead atoms. The van der Waals surface area contributed by atoms with Gasteiger partial charge < -0.3 is 11.1 Å². The Morgan fingerprint density at radius 2 is 2.11 bits per heavy atom. The average Bonchev–Trinajstić information content (AvgIpc) is 2.33. The molecule has 1 amide bonds. The van der Waals surface area contributed by atoms with Crippen molar-refractivity contribution in [2.45, 2.75) is 25.8 Å². The van der Waals surface area contributed by atoms with E-state index in [0.717, 1.165) is 18.6 Å². The van der Waals surface area contributed by atoms with Gasteiger partial charge in [0.1, 0.15) is 11.6 Å². The summed E-state index contributed by atoms with van der Waals surface area (Å²) in [5.74, 6) is -2.37. The van der Waals surface area contributed by atoms with E-state index in [1.54, 1.807) is 0 Å². The van der Waals surface area contributed by atoms with Crippen molar-refractivity contribution in [3.63, 3.8) is 0 Å². The molecule has 1 aromatic rings. The van der Waals surface area contributed by atoms with Crippen molar-refractivity contribution in [2.75, 3.05) is 6.54 Å². The van der Waals surface area contributed by atoms with Crippen LogP contribution in [0.5, 0.6) is 0 Å². The Morgan fingerprint density at radius 3 is 2.67 bits per heavy atom. The van der Waals surface area contributed by atoms with Crippen molar-refractivity contribution in [3.05, 3.63) is 34.4 Å². The van der Waals surface area contributed by atoms with Gasteiger partial charge in [0.15, 0.2) is 0 Å². The van der Waals surface area contributed by atoms with Gasteiger partial charge in [-0.3, -0.25) is 4.79 Å². The summed E-state index contributed by atoms with van der Waals surface area (Å²) < 4.78 is 26.7. The maximum Gasteiger partial charge on any atom is 0.254 e. The number of nitrogens with two attached hydrogens (primary N) is 1. The van der Waals surface area contributed by atoms with Gasteiger partial charge in [-0.2, -0.15) is 0 Å². The lowest BCUT2D eigenvalue weighted by molar-refractivity contribution is 0.0931. The number of hydrogen-bond acceptors (Lipinski definition) is 2. The molecule has 3 N–H and O–H groups in total. The number of nitrogens with one attached hydrogen (secondary N) is 1. The fourth-order valence-electron chi connectivity index (χ4n) is 1.56. The van der Waals surface area contributed by atoms with E-state index in [9.17, 15) is 13.6 Å². The van der Waals surface area contributed by atoms with Crippen LogP contribution in [-0.2, 0) is 0 Å². The monoisotopic (exact) mass is 276 g/mol. The van der Waals surface area contributed by atoms with Crippen molar-refractivity contribution in [1.29, 1.82) is 0 Å². The molecular weight excluding hydrogens is 262 g/mol. The molecule has 1 unspecified atom stereocenters. The summed E-state index contributed by atoms with van der Waals surface area (Å²) in [6.07, 6.45) is 1.51. The third kappa shape index (κ3) is 3.65. The first-order chi connectivity index (χ1) is 8.49. The fraction of sp³-hybridized carbons (Fsp3) is 0.417. The normalized spacial score (nSPS) is 12.3. The molecule has 6 heteroatoms. The zero-order valence-corrected chi connectivity index (χ0v) is 10.7. The molecule has 0 saturated carbocycles. The van der Waals surface area contributed by atoms with Gasteiger partial charge in [-0.05, 0) is 18.6 Å². The molecule has 3 nitrogen and oxygen atoms in total. The van der Waals surface area contributed by atoms with Gasteiger partial charge in [0.25, 0.3) is 5.91 Å². The Balaban J connectivity index is 2.87. The standard InChI is InChI=1S/C12H15ClF2N2O/c1-2-3-7(6-16)17-12(18)8-4-11(15)9(13)5-10(8)14/h4-5,7H,2-3,6,16H2,1H3,(H,17,18). The maximum atomic E-state index is 13.5. The highest BCUT2D eigenvalue weighted by Crippen LogP contribution is 2.19. The predicted octanol–water partition coefficient (Wildman–Crippen LogP) is 2.48. The van der Waals surface area contributed by atoms with Crippen LogP contribution in [0.1, 0.15) is 30.1 Å². The van der Waals surface area contributed by atoms with E-state index in [4.69, 9.17) is 17.3 Å². The molecule has 0 aliphatic rings. The molecule has 0 saturated heterocycles. The summed E-state index contributed by atoms with van der Waals surface area (Å²) >= 11 is 5.41. The van der Waals surface area contributed by atoms with Gasteiger partial charge in [-0.1, -0.05) is 24.9 Å². The third-order valence-corrected chi connectivity index (χ3v) is 2.80. The molecule has 1 atom stereocenters. The largest absolute Gasteiger partial charge is 0.348 e. The highest BCUT2D eigenvalue weighted by Gasteiger charge is 2.17. The zero-order chi connectivity index (χ0) is 13.7. The van der Waals surface area contributed by atoms with Crippen LogP contribution in [0.4, 0.5) is 8.78 Å². The van der Waals surface area contributed by atoms with Gasteiger partial charge in [0.05, 0.1) is 10.6 Å². The molecular formula is C12H15ClF2N2O. The first-order valence-corrected chi connectivity index (χ1v) is 6.02. The molecule has 0 radical (unpaired) electrons. The number of benzene rings is 1. The topological polar surface area (TPSA) is 55.1 Å². The second-order valence-electron chi connectivity index (χ2n) is 3.94. The molecule has 18 heavy (non-hydrogen) atoms. The summed E-state index contributed by atoms with van der Waals surface area (Å²) in [7, 11) is 0. The van der Waals surface area contributed by atoms with E-state index >= 15 is 0 Å². The Labute approximate surface area is 109 Å². The number of carbonyl (C=O) groups excluding carboxylic acids is 1. The van der Waals surface area contributed by atoms with Gasteiger partial charge in [0.2, 0.25) is 0 Å². The molecule has 100 valence electrons.